The molecule has 42 heavy (non-hydrogen) atoms. The van der Waals surface area contributed by atoms with Crippen molar-refractivity contribution in [3.05, 3.63) is 146 Å². The van der Waals surface area contributed by atoms with Crippen LogP contribution in [-0.2, 0) is 0 Å². The van der Waals surface area contributed by atoms with Crippen molar-refractivity contribution >= 4 is 54.5 Å². The van der Waals surface area contributed by atoms with Crippen molar-refractivity contribution in [2.75, 3.05) is 0 Å². The van der Waals surface area contributed by atoms with Crippen LogP contribution in [0.2, 0.25) is 0 Å². The largest absolute Gasteiger partial charge is 0.309 e. The third-order valence-corrected chi connectivity index (χ3v) is 8.43. The van der Waals surface area contributed by atoms with Gasteiger partial charge >= 0.3 is 0 Å². The van der Waals surface area contributed by atoms with Crippen molar-refractivity contribution in [2.24, 2.45) is 0 Å². The van der Waals surface area contributed by atoms with E-state index in [1.165, 1.54) is 49.4 Å². The van der Waals surface area contributed by atoms with Crippen LogP contribution in [0, 0.1) is 0 Å². The van der Waals surface area contributed by atoms with E-state index in [-0.39, 0.29) is 0 Å². The molecular weight excluding hydrogens is 512 g/mol. The minimum atomic E-state index is 0.949. The van der Waals surface area contributed by atoms with Crippen LogP contribution in [0.1, 0.15) is 0 Å². The number of nitrogens with zero attached hydrogens (tertiary/aromatic N) is 4. The third kappa shape index (κ3) is 3.29. The first kappa shape index (κ1) is 23.0. The zero-order chi connectivity index (χ0) is 27.6. The minimum Gasteiger partial charge on any atom is -0.309 e. The fraction of sp³-hybridized carbons (Fsp3) is 0. The standard InChI is InChI=1S/C38H24N4/c1-3-9-27(10-4-1)41-34-14-8-7-13-29(34)30-21-25(15-17-35(30)41)26-16-18-36-31(22-26)38-32-23-39-20-19-33(32)40-24-37(38)42(36)28-11-5-2-6-12-28/h1-24H. The van der Waals surface area contributed by atoms with E-state index in [0.29, 0.717) is 0 Å². The number of aromatic nitrogens is 4. The summed E-state index contributed by atoms with van der Waals surface area (Å²) in [6.07, 6.45) is 5.75. The van der Waals surface area contributed by atoms with E-state index < -0.39 is 0 Å². The van der Waals surface area contributed by atoms with Crippen LogP contribution in [-0.4, -0.2) is 19.1 Å². The van der Waals surface area contributed by atoms with E-state index >= 15 is 0 Å². The maximum Gasteiger partial charge on any atom is 0.0740 e. The molecule has 0 atom stereocenters. The summed E-state index contributed by atoms with van der Waals surface area (Å²) in [4.78, 5) is 9.27. The maximum atomic E-state index is 4.80. The smallest absolute Gasteiger partial charge is 0.0740 e. The van der Waals surface area contributed by atoms with Crippen LogP contribution in [0.5, 0.6) is 0 Å². The number of hydrogen-bond donors (Lipinski definition) is 0. The molecule has 0 N–H and O–H groups in total. The van der Waals surface area contributed by atoms with E-state index in [9.17, 15) is 0 Å². The van der Waals surface area contributed by atoms with Crippen molar-refractivity contribution < 1.29 is 0 Å². The molecule has 0 amide bonds. The number of fused-ring (bicyclic) bond motifs is 8. The molecule has 0 bridgehead atoms. The van der Waals surface area contributed by atoms with Crippen LogP contribution in [0.25, 0.3) is 77.0 Å². The first-order chi connectivity index (χ1) is 20.8. The van der Waals surface area contributed by atoms with Crippen molar-refractivity contribution in [3.8, 4) is 22.5 Å². The summed E-state index contributed by atoms with van der Waals surface area (Å²) < 4.78 is 4.67. The highest BCUT2D eigenvalue weighted by Crippen LogP contribution is 2.39. The van der Waals surface area contributed by atoms with Gasteiger partial charge in [-0.05, 0) is 71.8 Å². The number of rotatable bonds is 3. The lowest BCUT2D eigenvalue weighted by Crippen LogP contribution is -1.94. The third-order valence-electron chi connectivity index (χ3n) is 8.43. The molecular formula is C38H24N4. The topological polar surface area (TPSA) is 35.6 Å². The first-order valence-electron chi connectivity index (χ1n) is 14.2. The summed E-state index contributed by atoms with van der Waals surface area (Å²) in [5, 5.41) is 5.93. The summed E-state index contributed by atoms with van der Waals surface area (Å²) in [6.45, 7) is 0. The van der Waals surface area contributed by atoms with Gasteiger partial charge in [0.1, 0.15) is 0 Å². The highest BCUT2D eigenvalue weighted by atomic mass is 15.0. The monoisotopic (exact) mass is 536 g/mol. The summed E-state index contributed by atoms with van der Waals surface area (Å²) in [5.41, 5.74) is 10.3. The number of benzene rings is 5. The van der Waals surface area contributed by atoms with Crippen LogP contribution in [0.4, 0.5) is 0 Å². The van der Waals surface area contributed by atoms with Crippen LogP contribution >= 0.6 is 0 Å². The summed E-state index contributed by atoms with van der Waals surface area (Å²) in [6, 6.07) is 45.5. The summed E-state index contributed by atoms with van der Waals surface area (Å²) >= 11 is 0. The molecule has 4 heteroatoms. The molecule has 0 aliphatic rings. The Morgan fingerprint density at radius 2 is 1.02 bits per heavy atom. The number of pyridine rings is 2. The van der Waals surface area contributed by atoms with Gasteiger partial charge in [0.25, 0.3) is 0 Å². The fourth-order valence-corrected chi connectivity index (χ4v) is 6.58. The van der Waals surface area contributed by atoms with Gasteiger partial charge in [-0.2, -0.15) is 0 Å². The van der Waals surface area contributed by atoms with Gasteiger partial charge in [0.2, 0.25) is 0 Å². The molecule has 9 aromatic rings. The van der Waals surface area contributed by atoms with Crippen molar-refractivity contribution in [3.63, 3.8) is 0 Å². The van der Waals surface area contributed by atoms with Crippen molar-refractivity contribution in [2.45, 2.75) is 0 Å². The van der Waals surface area contributed by atoms with Crippen LogP contribution in [0.15, 0.2) is 146 Å². The summed E-state index contributed by atoms with van der Waals surface area (Å²) in [5.74, 6) is 0. The lowest BCUT2D eigenvalue weighted by atomic mass is 10.00. The van der Waals surface area contributed by atoms with Crippen molar-refractivity contribution in [1.29, 1.82) is 0 Å². The highest BCUT2D eigenvalue weighted by molar-refractivity contribution is 6.21. The first-order valence-corrected chi connectivity index (χ1v) is 14.2. The lowest BCUT2D eigenvalue weighted by Gasteiger charge is -2.09. The van der Waals surface area contributed by atoms with Gasteiger partial charge in [-0.15, -0.1) is 0 Å². The number of hydrogen-bond acceptors (Lipinski definition) is 2. The van der Waals surface area contributed by atoms with E-state index in [2.05, 4.69) is 135 Å². The van der Waals surface area contributed by atoms with Gasteiger partial charge in [-0.1, -0.05) is 66.7 Å². The lowest BCUT2D eigenvalue weighted by molar-refractivity contribution is 1.17. The Kier molecular flexibility index (Phi) is 4.87. The second kappa shape index (κ2) is 8.88. The Bertz CT molecular complexity index is 2450. The molecule has 4 heterocycles. The molecule has 0 unspecified atom stereocenters. The minimum absolute atomic E-state index is 0.949. The normalized spacial score (nSPS) is 11.8. The van der Waals surface area contributed by atoms with E-state index in [4.69, 9.17) is 4.98 Å². The van der Waals surface area contributed by atoms with Gasteiger partial charge in [0.05, 0.1) is 33.8 Å². The van der Waals surface area contributed by atoms with Crippen LogP contribution in [0.3, 0.4) is 0 Å². The van der Waals surface area contributed by atoms with E-state index in [1.54, 1.807) is 0 Å². The molecule has 0 saturated heterocycles. The maximum absolute atomic E-state index is 4.80. The SMILES string of the molecule is c1ccc(-n2c3ccccc3c3cc(-c4ccc5c(c4)c4c6cnccc6ncc4n5-c4ccccc4)ccc32)cc1. The van der Waals surface area contributed by atoms with Crippen LogP contribution < -0.4 is 0 Å². The Morgan fingerprint density at radius 3 is 1.76 bits per heavy atom. The molecule has 5 aromatic carbocycles. The predicted octanol–water partition coefficient (Wildman–Crippen LogP) is 9.49. The van der Waals surface area contributed by atoms with E-state index in [0.717, 1.165) is 27.6 Å². The Balaban J connectivity index is 1.32. The average molecular weight is 537 g/mol. The predicted molar refractivity (Wildman–Crippen MR) is 174 cm³/mol. The average Bonchev–Trinajstić information content (AvgIpc) is 3.58. The molecule has 0 radical (unpaired) electrons. The number of para-hydroxylation sites is 3. The van der Waals surface area contributed by atoms with Gasteiger partial charge in [0, 0.05) is 50.7 Å². The zero-order valence-corrected chi connectivity index (χ0v) is 22.6. The Labute approximate surface area is 241 Å². The molecule has 9 rings (SSSR count). The summed E-state index contributed by atoms with van der Waals surface area (Å²) in [7, 11) is 0. The van der Waals surface area contributed by atoms with Crippen molar-refractivity contribution in [1.82, 2.24) is 19.1 Å². The highest BCUT2D eigenvalue weighted by Gasteiger charge is 2.18. The molecule has 4 aromatic heterocycles. The molecule has 0 saturated carbocycles. The fourth-order valence-electron chi connectivity index (χ4n) is 6.58. The van der Waals surface area contributed by atoms with E-state index in [1.807, 2.05) is 24.7 Å². The van der Waals surface area contributed by atoms with Gasteiger partial charge < -0.3 is 9.13 Å². The van der Waals surface area contributed by atoms with Gasteiger partial charge in [-0.25, -0.2) is 0 Å². The molecule has 0 aliphatic heterocycles. The second-order valence-electron chi connectivity index (χ2n) is 10.7. The van der Waals surface area contributed by atoms with Gasteiger partial charge in [0.15, 0.2) is 0 Å². The van der Waals surface area contributed by atoms with Gasteiger partial charge in [-0.3, -0.25) is 9.97 Å². The Morgan fingerprint density at radius 1 is 0.429 bits per heavy atom. The molecule has 0 spiro atoms. The Hall–Kier alpha value is -5.74. The molecule has 0 fully saturated rings. The molecule has 4 nitrogen and oxygen atoms in total. The zero-order valence-electron chi connectivity index (χ0n) is 22.6. The quantitative estimate of drug-likeness (QED) is 0.225. The second-order valence-corrected chi connectivity index (χ2v) is 10.7. The molecule has 0 aliphatic carbocycles. The molecule has 196 valence electrons.